The number of hydrazone groups is 1. The van der Waals surface area contributed by atoms with Crippen molar-refractivity contribution in [1.82, 2.24) is 9.97 Å². The molecule has 1 aromatic carbocycles. The fraction of sp³-hybridized carbons (Fsp3) is 0.154. The molecule has 8 heteroatoms. The molecule has 0 unspecified atom stereocenters. The molecular formula is C13H13N5O3. The molecule has 0 saturated carbocycles. The Hall–Kier alpha value is -3.03. The van der Waals surface area contributed by atoms with Gasteiger partial charge in [0.15, 0.2) is 5.82 Å². The van der Waals surface area contributed by atoms with Crippen molar-refractivity contribution in [2.45, 2.75) is 6.92 Å². The number of ether oxygens (including phenoxy) is 1. The van der Waals surface area contributed by atoms with Crippen molar-refractivity contribution in [1.29, 1.82) is 0 Å². The second-order valence-corrected chi connectivity index (χ2v) is 4.06. The number of non-ortho nitro benzene ring substituents is 1. The molecule has 1 N–H and O–H groups in total. The van der Waals surface area contributed by atoms with Crippen LogP contribution in [0.25, 0.3) is 0 Å². The molecule has 1 heterocycles. The fourth-order valence-electron chi connectivity index (χ4n) is 1.56. The van der Waals surface area contributed by atoms with Gasteiger partial charge in [0.25, 0.3) is 5.69 Å². The van der Waals surface area contributed by atoms with Crippen LogP contribution >= 0.6 is 0 Å². The van der Waals surface area contributed by atoms with Crippen molar-refractivity contribution < 1.29 is 9.66 Å². The van der Waals surface area contributed by atoms with Gasteiger partial charge in [-0.15, -0.1) is 0 Å². The molecule has 0 atom stereocenters. The molecule has 0 aliphatic rings. The highest BCUT2D eigenvalue weighted by atomic mass is 16.6. The normalized spacial score (nSPS) is 11.0. The average molecular weight is 287 g/mol. The molecule has 0 aliphatic carbocycles. The number of nitrogens with one attached hydrogen (secondary N) is 1. The van der Waals surface area contributed by atoms with Crippen molar-refractivity contribution in [3.8, 4) is 5.88 Å². The SMILES string of the molecule is COc1cc(N/N=C(/C)c2cccc([N+](=O)[O-])c2)ncn1. The first-order chi connectivity index (χ1) is 10.1. The summed E-state index contributed by atoms with van der Waals surface area (Å²) >= 11 is 0. The van der Waals surface area contributed by atoms with Crippen LogP contribution < -0.4 is 10.2 Å². The maximum atomic E-state index is 10.7. The van der Waals surface area contributed by atoms with E-state index in [1.165, 1.54) is 25.6 Å². The Labute approximate surface area is 120 Å². The van der Waals surface area contributed by atoms with Crippen molar-refractivity contribution in [3.05, 3.63) is 52.3 Å². The summed E-state index contributed by atoms with van der Waals surface area (Å²) in [6.07, 6.45) is 1.35. The van der Waals surface area contributed by atoms with E-state index in [9.17, 15) is 10.1 Å². The van der Waals surface area contributed by atoms with E-state index in [4.69, 9.17) is 4.74 Å². The molecule has 2 aromatic rings. The van der Waals surface area contributed by atoms with Crippen LogP contribution in [-0.2, 0) is 0 Å². The minimum atomic E-state index is -0.445. The monoisotopic (exact) mass is 287 g/mol. The minimum Gasteiger partial charge on any atom is -0.481 e. The third kappa shape index (κ3) is 3.72. The minimum absolute atomic E-state index is 0.0192. The van der Waals surface area contributed by atoms with E-state index >= 15 is 0 Å². The molecule has 0 fully saturated rings. The Kier molecular flexibility index (Phi) is 4.39. The summed E-state index contributed by atoms with van der Waals surface area (Å²) in [7, 11) is 1.50. The fourth-order valence-corrected chi connectivity index (χ4v) is 1.56. The highest BCUT2D eigenvalue weighted by Crippen LogP contribution is 2.14. The zero-order valence-electron chi connectivity index (χ0n) is 11.5. The smallest absolute Gasteiger partial charge is 0.270 e. The first kappa shape index (κ1) is 14.4. The number of anilines is 1. The maximum absolute atomic E-state index is 10.7. The zero-order chi connectivity index (χ0) is 15.2. The first-order valence-electron chi connectivity index (χ1n) is 6.01. The Morgan fingerprint density at radius 1 is 1.38 bits per heavy atom. The molecule has 0 amide bonds. The summed E-state index contributed by atoms with van der Waals surface area (Å²) in [5.74, 6) is 0.877. The highest BCUT2D eigenvalue weighted by molar-refractivity contribution is 5.99. The van der Waals surface area contributed by atoms with Crippen LogP contribution in [0.5, 0.6) is 5.88 Å². The third-order valence-corrected chi connectivity index (χ3v) is 2.66. The van der Waals surface area contributed by atoms with E-state index in [-0.39, 0.29) is 5.69 Å². The number of methoxy groups -OCH3 is 1. The molecule has 2 rings (SSSR count). The third-order valence-electron chi connectivity index (χ3n) is 2.66. The van der Waals surface area contributed by atoms with E-state index in [0.29, 0.717) is 23.0 Å². The van der Waals surface area contributed by atoms with E-state index in [1.54, 1.807) is 25.1 Å². The lowest BCUT2D eigenvalue weighted by atomic mass is 10.1. The van der Waals surface area contributed by atoms with E-state index in [0.717, 1.165) is 0 Å². The van der Waals surface area contributed by atoms with Gasteiger partial charge >= 0.3 is 0 Å². The Morgan fingerprint density at radius 3 is 2.90 bits per heavy atom. The summed E-state index contributed by atoms with van der Waals surface area (Å²) < 4.78 is 4.97. The van der Waals surface area contributed by atoms with Gasteiger partial charge in [0.2, 0.25) is 5.88 Å². The first-order valence-corrected chi connectivity index (χ1v) is 6.01. The van der Waals surface area contributed by atoms with E-state index < -0.39 is 4.92 Å². The van der Waals surface area contributed by atoms with Gasteiger partial charge in [-0.05, 0) is 6.92 Å². The van der Waals surface area contributed by atoms with Crippen LogP contribution in [0.1, 0.15) is 12.5 Å². The number of nitro groups is 1. The number of rotatable bonds is 5. The lowest BCUT2D eigenvalue weighted by molar-refractivity contribution is -0.384. The molecular weight excluding hydrogens is 274 g/mol. The Bertz CT molecular complexity index is 687. The van der Waals surface area contributed by atoms with Crippen molar-refractivity contribution in [2.75, 3.05) is 12.5 Å². The average Bonchev–Trinajstić information content (AvgIpc) is 2.53. The standard InChI is InChI=1S/C13H13N5O3/c1-9(10-4-3-5-11(6-10)18(19)20)16-17-12-7-13(21-2)15-8-14-12/h3-8H,1-2H3,(H,14,15,17)/b16-9-. The topological polar surface area (TPSA) is 103 Å². The van der Waals surface area contributed by atoms with Crippen LogP contribution in [0.2, 0.25) is 0 Å². The van der Waals surface area contributed by atoms with E-state index in [2.05, 4.69) is 20.5 Å². The molecule has 0 saturated heterocycles. The lowest BCUT2D eigenvalue weighted by Crippen LogP contribution is -2.02. The maximum Gasteiger partial charge on any atom is 0.270 e. The largest absolute Gasteiger partial charge is 0.481 e. The molecule has 0 spiro atoms. The van der Waals surface area contributed by atoms with E-state index in [1.807, 2.05) is 0 Å². The second kappa shape index (κ2) is 6.42. The van der Waals surface area contributed by atoms with Crippen LogP contribution in [0.4, 0.5) is 11.5 Å². The number of benzene rings is 1. The van der Waals surface area contributed by atoms with Gasteiger partial charge in [0, 0.05) is 23.8 Å². The van der Waals surface area contributed by atoms with Crippen LogP contribution in [0.15, 0.2) is 41.8 Å². The summed E-state index contributed by atoms with van der Waals surface area (Å²) in [6.45, 7) is 1.74. The molecule has 108 valence electrons. The molecule has 1 aromatic heterocycles. The van der Waals surface area contributed by atoms with Gasteiger partial charge < -0.3 is 4.74 Å². The Morgan fingerprint density at radius 2 is 2.19 bits per heavy atom. The number of aromatic nitrogens is 2. The number of hydrogen-bond donors (Lipinski definition) is 1. The predicted octanol–water partition coefficient (Wildman–Crippen LogP) is 2.23. The summed E-state index contributed by atoms with van der Waals surface area (Å²) in [5.41, 5.74) is 4.02. The van der Waals surface area contributed by atoms with Gasteiger partial charge in [-0.1, -0.05) is 12.1 Å². The van der Waals surface area contributed by atoms with Gasteiger partial charge in [-0.2, -0.15) is 5.10 Å². The summed E-state index contributed by atoms with van der Waals surface area (Å²) in [4.78, 5) is 18.2. The molecule has 21 heavy (non-hydrogen) atoms. The predicted molar refractivity (Wildman–Crippen MR) is 77.5 cm³/mol. The van der Waals surface area contributed by atoms with Crippen molar-refractivity contribution in [3.63, 3.8) is 0 Å². The lowest BCUT2D eigenvalue weighted by Gasteiger charge is -2.04. The van der Waals surface area contributed by atoms with Crippen LogP contribution in [-0.4, -0.2) is 27.7 Å². The second-order valence-electron chi connectivity index (χ2n) is 4.06. The van der Waals surface area contributed by atoms with Crippen molar-refractivity contribution >= 4 is 17.2 Å². The quantitative estimate of drug-likeness (QED) is 0.514. The molecule has 8 nitrogen and oxygen atoms in total. The zero-order valence-corrected chi connectivity index (χ0v) is 11.5. The number of nitro benzene ring substituents is 1. The molecule has 0 bridgehead atoms. The number of hydrogen-bond acceptors (Lipinski definition) is 7. The number of nitrogens with zero attached hydrogens (tertiary/aromatic N) is 4. The molecule has 0 radical (unpaired) electrons. The van der Waals surface area contributed by atoms with Gasteiger partial charge in [-0.3, -0.25) is 15.5 Å². The Balaban J connectivity index is 2.17. The molecule has 0 aliphatic heterocycles. The van der Waals surface area contributed by atoms with Crippen LogP contribution in [0, 0.1) is 10.1 Å². The van der Waals surface area contributed by atoms with Crippen LogP contribution in [0.3, 0.4) is 0 Å². The summed E-state index contributed by atoms with van der Waals surface area (Å²) in [6, 6.07) is 7.83. The van der Waals surface area contributed by atoms with Crippen molar-refractivity contribution in [2.24, 2.45) is 5.10 Å². The summed E-state index contributed by atoms with van der Waals surface area (Å²) in [5, 5.41) is 14.9. The van der Waals surface area contributed by atoms with Gasteiger partial charge in [0.1, 0.15) is 6.33 Å². The van der Waals surface area contributed by atoms with Gasteiger partial charge in [-0.25, -0.2) is 9.97 Å². The van der Waals surface area contributed by atoms with Gasteiger partial charge in [0.05, 0.1) is 17.7 Å². The highest BCUT2D eigenvalue weighted by Gasteiger charge is 2.07.